The van der Waals surface area contributed by atoms with Gasteiger partial charge in [0, 0.05) is 12.7 Å². The second-order valence-electron chi connectivity index (χ2n) is 5.61. The van der Waals surface area contributed by atoms with Crippen molar-refractivity contribution in [3.8, 4) is 0 Å². The molecule has 1 aliphatic heterocycles. The minimum Gasteiger partial charge on any atom is -0.378 e. The number of morpholine rings is 1. The van der Waals surface area contributed by atoms with Crippen LogP contribution in [0, 0.1) is 5.82 Å². The Hall–Kier alpha value is -2.04. The van der Waals surface area contributed by atoms with Crippen LogP contribution in [0.1, 0.15) is 17.3 Å². The van der Waals surface area contributed by atoms with Gasteiger partial charge in [0.25, 0.3) is 0 Å². The fourth-order valence-electron chi connectivity index (χ4n) is 2.76. The molecule has 26 heavy (non-hydrogen) atoms. The zero-order valence-electron chi connectivity index (χ0n) is 13.3. The van der Waals surface area contributed by atoms with Crippen molar-refractivity contribution in [1.82, 2.24) is 9.29 Å². The van der Waals surface area contributed by atoms with Crippen LogP contribution in [-0.4, -0.2) is 37.5 Å². The Morgan fingerprint density at radius 2 is 1.85 bits per heavy atom. The largest absolute Gasteiger partial charge is 0.434 e. The average Bonchev–Trinajstić information content (AvgIpc) is 2.62. The molecular weight excluding hydrogens is 376 g/mol. The zero-order valence-corrected chi connectivity index (χ0v) is 14.1. The van der Waals surface area contributed by atoms with Crippen molar-refractivity contribution in [2.45, 2.75) is 17.1 Å². The Bertz CT molecular complexity index is 885. The van der Waals surface area contributed by atoms with E-state index in [1.807, 2.05) is 0 Å². The third-order valence-electron chi connectivity index (χ3n) is 3.96. The molecule has 1 aliphatic rings. The van der Waals surface area contributed by atoms with Crippen molar-refractivity contribution in [3.63, 3.8) is 0 Å². The van der Waals surface area contributed by atoms with Gasteiger partial charge in [-0.25, -0.2) is 12.8 Å². The number of aromatic nitrogens is 1. The molecule has 0 bridgehead atoms. The summed E-state index contributed by atoms with van der Waals surface area (Å²) in [4.78, 5) is 2.29. The highest BCUT2D eigenvalue weighted by Crippen LogP contribution is 2.36. The van der Waals surface area contributed by atoms with E-state index in [0.29, 0.717) is 5.56 Å². The van der Waals surface area contributed by atoms with Gasteiger partial charge in [-0.15, -0.1) is 0 Å². The van der Waals surface area contributed by atoms with Crippen molar-refractivity contribution >= 4 is 10.0 Å². The molecule has 2 aromatic rings. The van der Waals surface area contributed by atoms with E-state index in [9.17, 15) is 26.0 Å². The first-order valence-electron chi connectivity index (χ1n) is 7.58. The fourth-order valence-corrected chi connectivity index (χ4v) is 4.51. The van der Waals surface area contributed by atoms with E-state index in [4.69, 9.17) is 4.74 Å². The molecule has 1 fully saturated rings. The maximum absolute atomic E-state index is 13.2. The Labute approximate surface area is 147 Å². The van der Waals surface area contributed by atoms with Crippen LogP contribution in [0.4, 0.5) is 17.6 Å². The molecule has 1 atom stereocenters. The molecule has 5 nitrogen and oxygen atoms in total. The SMILES string of the molecule is O=S(=O)(c1cccnc1C(F)(F)F)N1CCOCC1c1ccc(F)cc1. The van der Waals surface area contributed by atoms with Crippen LogP contribution < -0.4 is 0 Å². The van der Waals surface area contributed by atoms with Gasteiger partial charge in [-0.3, -0.25) is 4.98 Å². The van der Waals surface area contributed by atoms with Crippen molar-refractivity contribution in [3.05, 3.63) is 59.7 Å². The minimum atomic E-state index is -4.92. The van der Waals surface area contributed by atoms with Gasteiger partial charge in [-0.1, -0.05) is 12.1 Å². The molecule has 140 valence electrons. The number of benzene rings is 1. The molecule has 2 heterocycles. The summed E-state index contributed by atoms with van der Waals surface area (Å²) >= 11 is 0. The summed E-state index contributed by atoms with van der Waals surface area (Å²) in [5, 5.41) is 0. The zero-order chi connectivity index (χ0) is 18.9. The van der Waals surface area contributed by atoms with Gasteiger partial charge in [0.05, 0.1) is 19.3 Å². The monoisotopic (exact) mass is 390 g/mol. The third-order valence-corrected chi connectivity index (χ3v) is 5.90. The summed E-state index contributed by atoms with van der Waals surface area (Å²) in [7, 11) is -4.51. The number of halogens is 4. The van der Waals surface area contributed by atoms with E-state index in [1.165, 1.54) is 12.1 Å². The maximum atomic E-state index is 13.2. The van der Waals surface area contributed by atoms with Gasteiger partial charge in [0.1, 0.15) is 10.7 Å². The predicted octanol–water partition coefficient (Wildman–Crippen LogP) is 3.00. The van der Waals surface area contributed by atoms with Crippen LogP contribution in [0.5, 0.6) is 0 Å². The summed E-state index contributed by atoms with van der Waals surface area (Å²) in [5.41, 5.74) is -1.04. The minimum absolute atomic E-state index is 0.0402. The van der Waals surface area contributed by atoms with Crippen molar-refractivity contribution < 1.29 is 30.7 Å². The van der Waals surface area contributed by atoms with Crippen LogP contribution in [0.15, 0.2) is 47.5 Å². The molecule has 0 radical (unpaired) electrons. The number of rotatable bonds is 3. The smallest absolute Gasteiger partial charge is 0.378 e. The lowest BCUT2D eigenvalue weighted by Gasteiger charge is -2.35. The number of sulfonamides is 1. The first-order chi connectivity index (χ1) is 12.2. The molecule has 0 aliphatic carbocycles. The molecule has 0 N–H and O–H groups in total. The highest BCUT2D eigenvalue weighted by Gasteiger charge is 2.43. The molecular formula is C16H14F4N2O3S. The number of nitrogens with zero attached hydrogens (tertiary/aromatic N) is 2. The molecule has 3 rings (SSSR count). The van der Waals surface area contributed by atoms with Gasteiger partial charge >= 0.3 is 6.18 Å². The second-order valence-corrected chi connectivity index (χ2v) is 7.46. The summed E-state index contributed by atoms with van der Waals surface area (Å²) in [5.74, 6) is -0.508. The van der Waals surface area contributed by atoms with Gasteiger partial charge in [0.15, 0.2) is 5.69 Å². The average molecular weight is 390 g/mol. The first-order valence-corrected chi connectivity index (χ1v) is 9.02. The van der Waals surface area contributed by atoms with E-state index >= 15 is 0 Å². The Kier molecular flexibility index (Phi) is 5.00. The number of alkyl halides is 3. The quantitative estimate of drug-likeness (QED) is 0.756. The van der Waals surface area contributed by atoms with Gasteiger partial charge in [-0.05, 0) is 29.8 Å². The summed E-state index contributed by atoms with van der Waals surface area (Å²) in [6.45, 7) is -0.137. The van der Waals surface area contributed by atoms with Crippen molar-refractivity contribution in [2.24, 2.45) is 0 Å². The molecule has 1 aromatic heterocycles. The van der Waals surface area contributed by atoms with E-state index < -0.39 is 38.6 Å². The standard InChI is InChI=1S/C16H14F4N2O3S/c17-12-5-3-11(4-6-12)13-10-25-9-8-22(13)26(23,24)14-2-1-7-21-15(14)16(18,19)20/h1-7,13H,8-10H2. The molecule has 0 saturated carbocycles. The normalized spacial score (nSPS) is 19.5. The molecule has 1 aromatic carbocycles. The number of hydrogen-bond acceptors (Lipinski definition) is 4. The second kappa shape index (κ2) is 6.93. The van der Waals surface area contributed by atoms with Crippen LogP contribution in [-0.2, 0) is 20.9 Å². The number of hydrogen-bond donors (Lipinski definition) is 0. The van der Waals surface area contributed by atoms with Crippen molar-refractivity contribution in [2.75, 3.05) is 19.8 Å². The van der Waals surface area contributed by atoms with E-state index in [2.05, 4.69) is 4.98 Å². The lowest BCUT2D eigenvalue weighted by atomic mass is 10.1. The number of pyridine rings is 1. The summed E-state index contributed by atoms with van der Waals surface area (Å²) < 4.78 is 84.9. The highest BCUT2D eigenvalue weighted by molar-refractivity contribution is 7.89. The van der Waals surface area contributed by atoms with E-state index in [1.54, 1.807) is 0 Å². The Morgan fingerprint density at radius 1 is 1.15 bits per heavy atom. The lowest BCUT2D eigenvalue weighted by molar-refractivity contribution is -0.143. The molecule has 0 spiro atoms. The maximum Gasteiger partial charge on any atom is 0.434 e. The van der Waals surface area contributed by atoms with Gasteiger partial charge in [0.2, 0.25) is 10.0 Å². The highest BCUT2D eigenvalue weighted by atomic mass is 32.2. The van der Waals surface area contributed by atoms with Crippen molar-refractivity contribution in [1.29, 1.82) is 0 Å². The first kappa shape index (κ1) is 18.7. The Morgan fingerprint density at radius 3 is 2.50 bits per heavy atom. The number of ether oxygens (including phenoxy) is 1. The predicted molar refractivity (Wildman–Crippen MR) is 83.1 cm³/mol. The third kappa shape index (κ3) is 3.57. The van der Waals surface area contributed by atoms with E-state index in [0.717, 1.165) is 34.8 Å². The van der Waals surface area contributed by atoms with Gasteiger partial charge < -0.3 is 4.74 Å². The Balaban J connectivity index is 2.06. The fraction of sp³-hybridized carbons (Fsp3) is 0.312. The van der Waals surface area contributed by atoms with Crippen LogP contribution in [0.3, 0.4) is 0 Å². The molecule has 0 amide bonds. The molecule has 1 saturated heterocycles. The van der Waals surface area contributed by atoms with E-state index in [-0.39, 0.29) is 19.8 Å². The lowest BCUT2D eigenvalue weighted by Crippen LogP contribution is -2.43. The summed E-state index contributed by atoms with van der Waals surface area (Å²) in [6, 6.07) is 6.21. The topological polar surface area (TPSA) is 59.5 Å². The van der Waals surface area contributed by atoms with Crippen LogP contribution in [0.25, 0.3) is 0 Å². The van der Waals surface area contributed by atoms with Crippen LogP contribution in [0.2, 0.25) is 0 Å². The molecule has 1 unspecified atom stereocenters. The van der Waals surface area contributed by atoms with Crippen LogP contribution >= 0.6 is 0 Å². The van der Waals surface area contributed by atoms with Gasteiger partial charge in [-0.2, -0.15) is 17.5 Å². The summed E-state index contributed by atoms with van der Waals surface area (Å²) in [6.07, 6.45) is -4.03. The molecule has 10 heteroatoms.